The molecule has 1 unspecified atom stereocenters. The first-order valence-corrected chi connectivity index (χ1v) is 14.9. The van der Waals surface area contributed by atoms with E-state index in [-0.39, 0.29) is 31.1 Å². The number of carbonyl (C=O) groups is 4. The molecule has 1 atom stereocenters. The second-order valence-electron chi connectivity index (χ2n) is 10.6. The minimum Gasteiger partial charge on any atom is -0.495 e. The molecule has 1 heterocycles. The Morgan fingerprint density at radius 2 is 1.52 bits per heavy atom. The summed E-state index contributed by atoms with van der Waals surface area (Å²) in [5.41, 5.74) is 3.83. The Morgan fingerprint density at radius 1 is 0.792 bits per heavy atom. The number of anilines is 3. The predicted octanol–water partition coefficient (Wildman–Crippen LogP) is 5.23. The maximum Gasteiger partial charge on any atom is 0.323 e. The molecule has 13 nitrogen and oxygen atoms in total. The average Bonchev–Trinajstić information content (AvgIpc) is 3.08. The number of aromatic nitrogens is 1. The fourth-order valence-electron chi connectivity index (χ4n) is 4.80. The van der Waals surface area contributed by atoms with Crippen LogP contribution in [0.1, 0.15) is 39.6 Å². The third-order valence-corrected chi connectivity index (χ3v) is 7.29. The van der Waals surface area contributed by atoms with Gasteiger partial charge in [-0.2, -0.15) is 0 Å². The maximum absolute atomic E-state index is 12.8. The third kappa shape index (κ3) is 9.53. The van der Waals surface area contributed by atoms with E-state index in [1.165, 1.54) is 27.5 Å². The van der Waals surface area contributed by atoms with Gasteiger partial charge in [-0.25, -0.2) is 4.79 Å². The van der Waals surface area contributed by atoms with Crippen LogP contribution in [0.5, 0.6) is 17.2 Å². The standard InChI is InChI=1S/C35H37N5O8/c1-21-7-5-6-8-25(21)39-35(45)40-27-12-9-22(15-31(27)47-3)16-33(42)38-24-11-13-26(36-19-24)28(18-34(43)44)37-20-29(41)23-10-14-30(46-2)32(17-23)48-4/h5-15,17,19,28,37H,16,18,20H2,1-4H3,(H,38,42)(H,43,44)(H2,39,40,45). The largest absolute Gasteiger partial charge is 0.495 e. The van der Waals surface area contributed by atoms with Crippen molar-refractivity contribution in [3.63, 3.8) is 0 Å². The highest BCUT2D eigenvalue weighted by molar-refractivity contribution is 6.01. The summed E-state index contributed by atoms with van der Waals surface area (Å²) in [6, 6.07) is 19.2. The number of nitrogens with zero attached hydrogens (tertiary/aromatic N) is 1. The molecule has 250 valence electrons. The van der Waals surface area contributed by atoms with E-state index in [0.717, 1.165) is 5.56 Å². The highest BCUT2D eigenvalue weighted by Gasteiger charge is 2.20. The van der Waals surface area contributed by atoms with Crippen LogP contribution in [0.3, 0.4) is 0 Å². The van der Waals surface area contributed by atoms with Gasteiger partial charge >= 0.3 is 12.0 Å². The van der Waals surface area contributed by atoms with Gasteiger partial charge in [0.05, 0.1) is 70.0 Å². The number of nitrogens with one attached hydrogen (secondary N) is 4. The fraction of sp³-hybridized carbons (Fsp3) is 0.229. The Hall–Kier alpha value is -5.95. The van der Waals surface area contributed by atoms with E-state index in [2.05, 4.69) is 26.3 Å². The molecular weight excluding hydrogens is 618 g/mol. The molecule has 4 aromatic rings. The Kier molecular flexibility index (Phi) is 12.0. The first kappa shape index (κ1) is 34.9. The van der Waals surface area contributed by atoms with Crippen LogP contribution in [-0.4, -0.2) is 61.7 Å². The lowest BCUT2D eigenvalue weighted by molar-refractivity contribution is -0.137. The number of aryl methyl sites for hydroxylation is 1. The molecule has 13 heteroatoms. The summed E-state index contributed by atoms with van der Waals surface area (Å²) in [7, 11) is 4.43. The third-order valence-electron chi connectivity index (χ3n) is 7.29. The Morgan fingerprint density at radius 3 is 2.19 bits per heavy atom. The molecular formula is C35H37N5O8. The minimum atomic E-state index is -1.08. The quantitative estimate of drug-likeness (QED) is 0.107. The Bertz CT molecular complexity index is 1780. The van der Waals surface area contributed by atoms with Gasteiger partial charge < -0.3 is 40.6 Å². The molecule has 0 spiro atoms. The zero-order valence-corrected chi connectivity index (χ0v) is 27.0. The zero-order chi connectivity index (χ0) is 34.6. The number of pyridine rings is 1. The van der Waals surface area contributed by atoms with Crippen molar-refractivity contribution in [1.82, 2.24) is 10.3 Å². The van der Waals surface area contributed by atoms with E-state index < -0.39 is 18.0 Å². The summed E-state index contributed by atoms with van der Waals surface area (Å²) in [6.45, 7) is 1.74. The number of ketones is 1. The number of para-hydroxylation sites is 1. The highest BCUT2D eigenvalue weighted by atomic mass is 16.5. The van der Waals surface area contributed by atoms with Gasteiger partial charge in [-0.05, 0) is 66.6 Å². The fourth-order valence-corrected chi connectivity index (χ4v) is 4.80. The van der Waals surface area contributed by atoms with Crippen LogP contribution in [0.4, 0.5) is 21.9 Å². The Labute approximate surface area is 277 Å². The van der Waals surface area contributed by atoms with Gasteiger partial charge in [-0.1, -0.05) is 24.3 Å². The second-order valence-corrected chi connectivity index (χ2v) is 10.6. The molecule has 0 aliphatic heterocycles. The van der Waals surface area contributed by atoms with Crippen molar-refractivity contribution in [3.05, 3.63) is 101 Å². The molecule has 3 amide bonds. The van der Waals surface area contributed by atoms with Crippen LogP contribution in [0.2, 0.25) is 0 Å². The number of Topliss-reactive ketones (excluding diaryl/α,β-unsaturated/α-hetero) is 1. The van der Waals surface area contributed by atoms with Gasteiger partial charge in [0.2, 0.25) is 5.91 Å². The first-order valence-electron chi connectivity index (χ1n) is 14.9. The number of benzene rings is 3. The number of carbonyl (C=O) groups excluding carboxylic acids is 3. The van der Waals surface area contributed by atoms with Crippen LogP contribution in [-0.2, 0) is 16.0 Å². The topological polar surface area (TPSA) is 177 Å². The molecule has 4 rings (SSSR count). The number of carboxylic acid groups (broad SMARTS) is 1. The van der Waals surface area contributed by atoms with Crippen molar-refractivity contribution in [1.29, 1.82) is 0 Å². The normalized spacial score (nSPS) is 11.2. The monoisotopic (exact) mass is 655 g/mol. The van der Waals surface area contributed by atoms with Gasteiger partial charge in [0, 0.05) is 11.3 Å². The molecule has 1 aromatic heterocycles. The number of aliphatic carboxylic acids is 1. The van der Waals surface area contributed by atoms with Crippen molar-refractivity contribution >= 4 is 40.8 Å². The number of hydrogen-bond donors (Lipinski definition) is 5. The Balaban J connectivity index is 1.35. The summed E-state index contributed by atoms with van der Waals surface area (Å²) < 4.78 is 15.9. The number of amides is 3. The van der Waals surface area contributed by atoms with E-state index in [9.17, 15) is 24.3 Å². The van der Waals surface area contributed by atoms with E-state index >= 15 is 0 Å². The van der Waals surface area contributed by atoms with E-state index in [1.807, 2.05) is 25.1 Å². The lowest BCUT2D eigenvalue weighted by atomic mass is 10.1. The molecule has 5 N–H and O–H groups in total. The van der Waals surface area contributed by atoms with Crippen LogP contribution >= 0.6 is 0 Å². The number of ether oxygens (including phenoxy) is 3. The van der Waals surface area contributed by atoms with Gasteiger partial charge in [0.15, 0.2) is 17.3 Å². The molecule has 0 fully saturated rings. The number of methoxy groups -OCH3 is 3. The minimum absolute atomic E-state index is 0.00918. The lowest BCUT2D eigenvalue weighted by Crippen LogP contribution is -2.30. The molecule has 3 aromatic carbocycles. The van der Waals surface area contributed by atoms with Gasteiger partial charge in [-0.3, -0.25) is 19.4 Å². The highest BCUT2D eigenvalue weighted by Crippen LogP contribution is 2.28. The van der Waals surface area contributed by atoms with E-state index in [1.54, 1.807) is 54.6 Å². The molecule has 0 aliphatic carbocycles. The summed E-state index contributed by atoms with van der Waals surface area (Å²) in [4.78, 5) is 54.1. The van der Waals surface area contributed by atoms with Crippen molar-refractivity contribution in [2.24, 2.45) is 0 Å². The smallest absolute Gasteiger partial charge is 0.323 e. The average molecular weight is 656 g/mol. The van der Waals surface area contributed by atoms with Gasteiger partial charge in [0.1, 0.15) is 5.75 Å². The van der Waals surface area contributed by atoms with Crippen LogP contribution in [0, 0.1) is 6.92 Å². The van der Waals surface area contributed by atoms with Crippen molar-refractivity contribution in [2.45, 2.75) is 25.8 Å². The summed E-state index contributed by atoms with van der Waals surface area (Å²) in [6.07, 6.45) is 1.11. The van der Waals surface area contributed by atoms with Crippen molar-refractivity contribution < 1.29 is 38.5 Å². The van der Waals surface area contributed by atoms with Crippen LogP contribution in [0.25, 0.3) is 0 Å². The van der Waals surface area contributed by atoms with E-state index in [0.29, 0.717) is 51.1 Å². The molecule has 48 heavy (non-hydrogen) atoms. The zero-order valence-electron chi connectivity index (χ0n) is 27.0. The number of urea groups is 1. The first-order chi connectivity index (χ1) is 23.1. The van der Waals surface area contributed by atoms with Crippen LogP contribution in [0.15, 0.2) is 79.0 Å². The predicted molar refractivity (Wildman–Crippen MR) is 180 cm³/mol. The number of hydrogen-bond acceptors (Lipinski definition) is 9. The second kappa shape index (κ2) is 16.6. The summed E-state index contributed by atoms with van der Waals surface area (Å²) >= 11 is 0. The molecule has 0 aliphatic rings. The molecule has 0 bridgehead atoms. The number of carboxylic acids is 1. The van der Waals surface area contributed by atoms with Crippen molar-refractivity contribution in [2.75, 3.05) is 43.8 Å². The number of rotatable bonds is 15. The van der Waals surface area contributed by atoms with E-state index in [4.69, 9.17) is 14.2 Å². The van der Waals surface area contributed by atoms with Crippen LogP contribution < -0.4 is 35.5 Å². The van der Waals surface area contributed by atoms with Gasteiger partial charge in [0.25, 0.3) is 0 Å². The lowest BCUT2D eigenvalue weighted by Gasteiger charge is -2.17. The van der Waals surface area contributed by atoms with Crippen molar-refractivity contribution in [3.8, 4) is 17.2 Å². The summed E-state index contributed by atoms with van der Waals surface area (Å²) in [5, 5.41) is 20.8. The summed E-state index contributed by atoms with van der Waals surface area (Å²) in [5.74, 6) is -0.419. The maximum atomic E-state index is 12.8. The van der Waals surface area contributed by atoms with Gasteiger partial charge in [-0.15, -0.1) is 0 Å². The SMILES string of the molecule is COc1cc(CC(=O)Nc2ccc(C(CC(=O)O)NCC(=O)c3ccc(OC)c(OC)c3)nc2)ccc1NC(=O)Nc1ccccc1C. The molecule has 0 radical (unpaired) electrons. The molecule has 0 saturated carbocycles. The molecule has 0 saturated heterocycles.